The Morgan fingerprint density at radius 2 is 1.96 bits per heavy atom. The topological polar surface area (TPSA) is 102 Å². The van der Waals surface area contributed by atoms with Crippen LogP contribution in [0.1, 0.15) is 22.8 Å². The standard InChI is InChI=1S/C17H17NO6S/c1-2-11-4-3-5-12(8-11)18-25(21,22)13-9-14(17(19)20)16-15(10-13)23-6-7-24-16/h3-5,8-10,18H,2,6-7H2,1H3,(H,19,20). The first kappa shape index (κ1) is 17.1. The highest BCUT2D eigenvalue weighted by Gasteiger charge is 2.26. The third-order valence-corrected chi connectivity index (χ3v) is 5.10. The lowest BCUT2D eigenvalue weighted by atomic mass is 10.1. The number of sulfonamides is 1. The van der Waals surface area contributed by atoms with Gasteiger partial charge >= 0.3 is 5.97 Å². The van der Waals surface area contributed by atoms with E-state index in [1.807, 2.05) is 13.0 Å². The number of aryl methyl sites for hydroxylation is 1. The number of carboxylic acid groups (broad SMARTS) is 1. The summed E-state index contributed by atoms with van der Waals surface area (Å²) in [5.41, 5.74) is 1.14. The summed E-state index contributed by atoms with van der Waals surface area (Å²) in [4.78, 5) is 11.2. The highest BCUT2D eigenvalue weighted by Crippen LogP contribution is 2.37. The first-order valence-corrected chi connectivity index (χ1v) is 9.17. The Morgan fingerprint density at radius 1 is 1.20 bits per heavy atom. The molecule has 2 aromatic rings. The van der Waals surface area contributed by atoms with Gasteiger partial charge in [0.1, 0.15) is 18.8 Å². The smallest absolute Gasteiger partial charge is 0.339 e. The second-order valence-electron chi connectivity index (χ2n) is 5.46. The molecule has 1 aliphatic rings. The molecule has 25 heavy (non-hydrogen) atoms. The van der Waals surface area contributed by atoms with Gasteiger partial charge in [0.2, 0.25) is 0 Å². The van der Waals surface area contributed by atoms with Crippen molar-refractivity contribution in [3.8, 4) is 11.5 Å². The maximum atomic E-state index is 12.7. The Labute approximate surface area is 145 Å². The van der Waals surface area contributed by atoms with Crippen molar-refractivity contribution in [1.82, 2.24) is 0 Å². The molecule has 2 aromatic carbocycles. The van der Waals surface area contributed by atoms with E-state index in [1.165, 1.54) is 6.07 Å². The molecule has 2 N–H and O–H groups in total. The molecule has 1 heterocycles. The minimum Gasteiger partial charge on any atom is -0.486 e. The van der Waals surface area contributed by atoms with Crippen molar-refractivity contribution >= 4 is 21.7 Å². The number of carbonyl (C=O) groups is 1. The molecule has 0 aromatic heterocycles. The number of aromatic carboxylic acids is 1. The van der Waals surface area contributed by atoms with E-state index in [0.717, 1.165) is 18.1 Å². The number of anilines is 1. The van der Waals surface area contributed by atoms with Crippen molar-refractivity contribution in [3.63, 3.8) is 0 Å². The van der Waals surface area contributed by atoms with Crippen molar-refractivity contribution in [1.29, 1.82) is 0 Å². The second-order valence-corrected chi connectivity index (χ2v) is 7.14. The van der Waals surface area contributed by atoms with Gasteiger partial charge in [-0.05, 0) is 30.2 Å². The fraction of sp³-hybridized carbons (Fsp3) is 0.235. The number of fused-ring (bicyclic) bond motifs is 1. The molecule has 0 amide bonds. The molecule has 3 rings (SSSR count). The summed E-state index contributed by atoms with van der Waals surface area (Å²) in [6.07, 6.45) is 0.767. The Morgan fingerprint density at radius 3 is 2.68 bits per heavy atom. The average molecular weight is 363 g/mol. The number of benzene rings is 2. The Balaban J connectivity index is 2.02. The normalized spacial score (nSPS) is 13.3. The number of carboxylic acids is 1. The largest absolute Gasteiger partial charge is 0.486 e. The van der Waals surface area contributed by atoms with Gasteiger partial charge in [0, 0.05) is 11.8 Å². The van der Waals surface area contributed by atoms with Crippen LogP contribution in [-0.4, -0.2) is 32.7 Å². The number of ether oxygens (including phenoxy) is 2. The molecule has 0 radical (unpaired) electrons. The van der Waals surface area contributed by atoms with Crippen LogP contribution in [0, 0.1) is 0 Å². The summed E-state index contributed by atoms with van der Waals surface area (Å²) in [5.74, 6) is -1.13. The second kappa shape index (κ2) is 6.64. The summed E-state index contributed by atoms with van der Waals surface area (Å²) < 4.78 is 38.5. The molecule has 1 aliphatic heterocycles. The molecule has 0 fully saturated rings. The molecule has 0 spiro atoms. The van der Waals surface area contributed by atoms with Gasteiger partial charge < -0.3 is 14.6 Å². The van der Waals surface area contributed by atoms with Crippen LogP contribution in [0.5, 0.6) is 11.5 Å². The maximum absolute atomic E-state index is 12.7. The maximum Gasteiger partial charge on any atom is 0.339 e. The van der Waals surface area contributed by atoms with Crippen LogP contribution in [0.2, 0.25) is 0 Å². The number of hydrogen-bond donors (Lipinski definition) is 2. The fourth-order valence-electron chi connectivity index (χ4n) is 2.51. The zero-order chi connectivity index (χ0) is 18.0. The van der Waals surface area contributed by atoms with E-state index in [0.29, 0.717) is 5.69 Å². The van der Waals surface area contributed by atoms with Gasteiger partial charge in [-0.15, -0.1) is 0 Å². The van der Waals surface area contributed by atoms with E-state index in [2.05, 4.69) is 4.72 Å². The first-order valence-electron chi connectivity index (χ1n) is 7.69. The summed E-state index contributed by atoms with van der Waals surface area (Å²) in [6.45, 7) is 2.40. The molecule has 0 saturated carbocycles. The third kappa shape index (κ3) is 3.53. The summed E-state index contributed by atoms with van der Waals surface area (Å²) >= 11 is 0. The van der Waals surface area contributed by atoms with E-state index >= 15 is 0 Å². The zero-order valence-electron chi connectivity index (χ0n) is 13.5. The van der Waals surface area contributed by atoms with Gasteiger partial charge in [-0.1, -0.05) is 19.1 Å². The lowest BCUT2D eigenvalue weighted by Gasteiger charge is -2.21. The molecule has 0 atom stereocenters. The van der Waals surface area contributed by atoms with Crippen molar-refractivity contribution in [2.75, 3.05) is 17.9 Å². The lowest BCUT2D eigenvalue weighted by molar-refractivity contribution is 0.0685. The van der Waals surface area contributed by atoms with Crippen molar-refractivity contribution in [2.24, 2.45) is 0 Å². The van der Waals surface area contributed by atoms with Crippen LogP contribution in [0.3, 0.4) is 0 Å². The van der Waals surface area contributed by atoms with Gasteiger partial charge in [0.25, 0.3) is 10.0 Å². The van der Waals surface area contributed by atoms with Crippen LogP contribution < -0.4 is 14.2 Å². The monoisotopic (exact) mass is 363 g/mol. The van der Waals surface area contributed by atoms with Gasteiger partial charge in [-0.25, -0.2) is 13.2 Å². The van der Waals surface area contributed by atoms with Crippen molar-refractivity contribution in [3.05, 3.63) is 47.5 Å². The van der Waals surface area contributed by atoms with Crippen LogP contribution in [0.15, 0.2) is 41.3 Å². The molecule has 132 valence electrons. The summed E-state index contributed by atoms with van der Waals surface area (Å²) in [7, 11) is -3.98. The molecule has 0 unspecified atom stereocenters. The van der Waals surface area contributed by atoms with Crippen LogP contribution in [-0.2, 0) is 16.4 Å². The quantitative estimate of drug-likeness (QED) is 0.846. The molecule has 7 nitrogen and oxygen atoms in total. The molecular formula is C17H17NO6S. The highest BCUT2D eigenvalue weighted by molar-refractivity contribution is 7.92. The molecule has 0 saturated heterocycles. The average Bonchev–Trinajstić information content (AvgIpc) is 2.60. The van der Waals surface area contributed by atoms with Crippen LogP contribution >= 0.6 is 0 Å². The Kier molecular flexibility index (Phi) is 4.54. The van der Waals surface area contributed by atoms with Crippen LogP contribution in [0.25, 0.3) is 0 Å². The summed E-state index contributed by atoms with van der Waals surface area (Å²) in [5, 5.41) is 9.34. The predicted octanol–water partition coefficient (Wildman–Crippen LogP) is 2.52. The summed E-state index contributed by atoms with van der Waals surface area (Å²) in [6, 6.07) is 9.35. The zero-order valence-corrected chi connectivity index (χ0v) is 14.3. The Bertz CT molecular complexity index is 923. The SMILES string of the molecule is CCc1cccc(NS(=O)(=O)c2cc3c(c(C(=O)O)c2)OCCO3)c1. The molecule has 0 bridgehead atoms. The minimum atomic E-state index is -3.98. The Hall–Kier alpha value is -2.74. The van der Waals surface area contributed by atoms with Crippen LogP contribution in [0.4, 0.5) is 5.69 Å². The van der Waals surface area contributed by atoms with E-state index in [1.54, 1.807) is 18.2 Å². The first-order chi connectivity index (χ1) is 11.9. The molecular weight excluding hydrogens is 346 g/mol. The van der Waals surface area contributed by atoms with E-state index in [9.17, 15) is 18.3 Å². The number of hydrogen-bond acceptors (Lipinski definition) is 5. The molecule has 8 heteroatoms. The van der Waals surface area contributed by atoms with Gasteiger partial charge in [-0.2, -0.15) is 0 Å². The molecule has 0 aliphatic carbocycles. The minimum absolute atomic E-state index is 0.0469. The van der Waals surface area contributed by atoms with Gasteiger partial charge in [-0.3, -0.25) is 4.72 Å². The predicted molar refractivity (Wildman–Crippen MR) is 91.0 cm³/mol. The van der Waals surface area contributed by atoms with Gasteiger partial charge in [0.15, 0.2) is 11.5 Å². The fourth-order valence-corrected chi connectivity index (χ4v) is 3.60. The van der Waals surface area contributed by atoms with Crippen molar-refractivity contribution in [2.45, 2.75) is 18.2 Å². The lowest BCUT2D eigenvalue weighted by Crippen LogP contribution is -2.20. The third-order valence-electron chi connectivity index (χ3n) is 3.74. The van der Waals surface area contributed by atoms with E-state index in [-0.39, 0.29) is 35.2 Å². The van der Waals surface area contributed by atoms with E-state index in [4.69, 9.17) is 9.47 Å². The number of nitrogens with one attached hydrogen (secondary N) is 1. The van der Waals surface area contributed by atoms with Crippen molar-refractivity contribution < 1.29 is 27.8 Å². The van der Waals surface area contributed by atoms with Gasteiger partial charge in [0.05, 0.1) is 4.90 Å². The van der Waals surface area contributed by atoms with E-state index < -0.39 is 16.0 Å². The number of rotatable bonds is 5. The highest BCUT2D eigenvalue weighted by atomic mass is 32.2.